The number of hydrogen-bond acceptors (Lipinski definition) is 3. The Morgan fingerprint density at radius 2 is 1.81 bits per heavy atom. The summed E-state index contributed by atoms with van der Waals surface area (Å²) in [4.78, 5) is 12.0. The Bertz CT molecular complexity index is 219. The number of carbonyl (C=O) groups is 1. The number of methoxy groups -OCH3 is 1. The third-order valence-corrected chi connectivity index (χ3v) is 4.14. The van der Waals surface area contributed by atoms with Crippen LogP contribution in [0.15, 0.2) is 0 Å². The minimum atomic E-state index is -0.513. The molecule has 0 aromatic rings. The van der Waals surface area contributed by atoms with Crippen molar-refractivity contribution in [2.24, 2.45) is 10.8 Å². The number of carbonyl (C=O) groups excluding carboxylic acids is 1. The van der Waals surface area contributed by atoms with Gasteiger partial charge in [-0.2, -0.15) is 0 Å². The monoisotopic (exact) mass is 230 g/mol. The Morgan fingerprint density at radius 3 is 2.12 bits per heavy atom. The molecule has 0 spiro atoms. The van der Waals surface area contributed by atoms with E-state index in [4.69, 9.17) is 4.74 Å². The van der Waals surface area contributed by atoms with Crippen molar-refractivity contribution in [1.29, 1.82) is 0 Å². The van der Waals surface area contributed by atoms with E-state index in [2.05, 4.69) is 13.8 Å². The van der Waals surface area contributed by atoms with Gasteiger partial charge in [-0.1, -0.05) is 27.2 Å². The molecule has 1 N–H and O–H groups in total. The lowest BCUT2D eigenvalue weighted by Gasteiger charge is -2.44. The second-order valence-corrected chi connectivity index (χ2v) is 4.96. The molecule has 0 saturated carbocycles. The molecule has 2 atom stereocenters. The van der Waals surface area contributed by atoms with E-state index in [1.165, 1.54) is 7.11 Å². The molecule has 0 heterocycles. The minimum Gasteiger partial charge on any atom is -0.469 e. The SMILES string of the molecule is CCCC(C)(CCO)C(C)(CC)C(=O)OC. The van der Waals surface area contributed by atoms with Crippen molar-refractivity contribution >= 4 is 5.97 Å². The van der Waals surface area contributed by atoms with Gasteiger partial charge in [-0.15, -0.1) is 0 Å². The van der Waals surface area contributed by atoms with E-state index in [9.17, 15) is 9.90 Å². The van der Waals surface area contributed by atoms with Gasteiger partial charge in [0.05, 0.1) is 12.5 Å². The first kappa shape index (κ1) is 15.4. The van der Waals surface area contributed by atoms with E-state index in [0.29, 0.717) is 6.42 Å². The van der Waals surface area contributed by atoms with Crippen LogP contribution in [-0.2, 0) is 9.53 Å². The quantitative estimate of drug-likeness (QED) is 0.684. The predicted octanol–water partition coefficient (Wildman–Crippen LogP) is 2.76. The lowest BCUT2D eigenvalue weighted by molar-refractivity contribution is -0.162. The van der Waals surface area contributed by atoms with Crippen molar-refractivity contribution in [3.05, 3.63) is 0 Å². The van der Waals surface area contributed by atoms with E-state index in [1.807, 2.05) is 13.8 Å². The standard InChI is InChI=1S/C13H26O3/c1-6-8-12(3,9-10-14)13(4,7-2)11(15)16-5/h14H,6-10H2,1-5H3. The topological polar surface area (TPSA) is 46.5 Å². The van der Waals surface area contributed by atoms with Crippen LogP contribution in [0.1, 0.15) is 53.4 Å². The molecular formula is C13H26O3. The van der Waals surface area contributed by atoms with Gasteiger partial charge in [0.2, 0.25) is 0 Å². The molecule has 0 bridgehead atoms. The molecule has 0 rings (SSSR count). The molecule has 3 heteroatoms. The van der Waals surface area contributed by atoms with Gasteiger partial charge < -0.3 is 9.84 Å². The van der Waals surface area contributed by atoms with Crippen molar-refractivity contribution in [2.45, 2.75) is 53.4 Å². The molecule has 2 unspecified atom stereocenters. The Kier molecular flexibility index (Phi) is 6.01. The molecule has 0 aliphatic carbocycles. The molecule has 0 aliphatic rings. The van der Waals surface area contributed by atoms with Gasteiger partial charge in [0.1, 0.15) is 0 Å². The lowest BCUT2D eigenvalue weighted by Crippen LogP contribution is -2.45. The van der Waals surface area contributed by atoms with E-state index >= 15 is 0 Å². The fourth-order valence-corrected chi connectivity index (χ4v) is 2.52. The largest absolute Gasteiger partial charge is 0.469 e. The van der Waals surface area contributed by atoms with Gasteiger partial charge in [-0.3, -0.25) is 4.79 Å². The molecule has 96 valence electrons. The highest BCUT2D eigenvalue weighted by Crippen LogP contribution is 2.48. The fraction of sp³-hybridized carbons (Fsp3) is 0.923. The highest BCUT2D eigenvalue weighted by molar-refractivity contribution is 5.77. The third-order valence-electron chi connectivity index (χ3n) is 4.14. The van der Waals surface area contributed by atoms with Gasteiger partial charge in [-0.05, 0) is 31.6 Å². The first-order valence-electron chi connectivity index (χ1n) is 6.11. The molecule has 16 heavy (non-hydrogen) atoms. The van der Waals surface area contributed by atoms with Gasteiger partial charge in [-0.25, -0.2) is 0 Å². The first-order valence-corrected chi connectivity index (χ1v) is 6.11. The van der Waals surface area contributed by atoms with Crippen LogP contribution in [0.5, 0.6) is 0 Å². The zero-order valence-corrected chi connectivity index (χ0v) is 11.3. The maximum Gasteiger partial charge on any atom is 0.312 e. The zero-order valence-electron chi connectivity index (χ0n) is 11.3. The Balaban J connectivity index is 5.18. The molecule has 0 amide bonds. The van der Waals surface area contributed by atoms with Gasteiger partial charge in [0.15, 0.2) is 0 Å². The van der Waals surface area contributed by atoms with Crippen molar-refractivity contribution < 1.29 is 14.6 Å². The molecule has 3 nitrogen and oxygen atoms in total. The average molecular weight is 230 g/mol. The van der Waals surface area contributed by atoms with Crippen molar-refractivity contribution in [3.63, 3.8) is 0 Å². The van der Waals surface area contributed by atoms with Crippen LogP contribution in [-0.4, -0.2) is 24.8 Å². The van der Waals surface area contributed by atoms with Crippen LogP contribution in [0.3, 0.4) is 0 Å². The zero-order chi connectivity index (χ0) is 12.8. The van der Waals surface area contributed by atoms with Crippen molar-refractivity contribution in [3.8, 4) is 0 Å². The van der Waals surface area contributed by atoms with Gasteiger partial charge >= 0.3 is 5.97 Å². The molecule has 0 fully saturated rings. The lowest BCUT2D eigenvalue weighted by atomic mass is 9.60. The van der Waals surface area contributed by atoms with Crippen LogP contribution < -0.4 is 0 Å². The summed E-state index contributed by atoms with van der Waals surface area (Å²) in [5.41, 5.74) is -0.709. The van der Waals surface area contributed by atoms with Crippen LogP contribution in [0, 0.1) is 10.8 Å². The van der Waals surface area contributed by atoms with E-state index < -0.39 is 5.41 Å². The van der Waals surface area contributed by atoms with Crippen molar-refractivity contribution in [2.75, 3.05) is 13.7 Å². The second kappa shape index (κ2) is 6.24. The number of rotatable bonds is 7. The number of aliphatic hydroxyl groups excluding tert-OH is 1. The van der Waals surface area contributed by atoms with Gasteiger partial charge in [0.25, 0.3) is 0 Å². The minimum absolute atomic E-state index is 0.114. The van der Waals surface area contributed by atoms with E-state index in [1.54, 1.807) is 0 Å². The van der Waals surface area contributed by atoms with Crippen LogP contribution in [0.4, 0.5) is 0 Å². The molecule has 0 saturated heterocycles. The average Bonchev–Trinajstić information content (AvgIpc) is 2.27. The normalized spacial score (nSPS) is 18.6. The predicted molar refractivity (Wildman–Crippen MR) is 65.1 cm³/mol. The van der Waals surface area contributed by atoms with Crippen molar-refractivity contribution in [1.82, 2.24) is 0 Å². The van der Waals surface area contributed by atoms with Crippen LogP contribution in [0.25, 0.3) is 0 Å². The summed E-state index contributed by atoms with van der Waals surface area (Å²) in [6, 6.07) is 0. The molecule has 0 aromatic carbocycles. The maximum atomic E-state index is 12.0. The maximum absolute atomic E-state index is 12.0. The molecule has 0 aromatic heterocycles. The fourth-order valence-electron chi connectivity index (χ4n) is 2.52. The Labute approximate surface area is 99.2 Å². The Hall–Kier alpha value is -0.570. The summed E-state index contributed by atoms with van der Waals surface area (Å²) in [7, 11) is 1.43. The summed E-state index contributed by atoms with van der Waals surface area (Å²) >= 11 is 0. The molecular weight excluding hydrogens is 204 g/mol. The summed E-state index contributed by atoms with van der Waals surface area (Å²) < 4.78 is 4.92. The Morgan fingerprint density at radius 1 is 1.25 bits per heavy atom. The second-order valence-electron chi connectivity index (χ2n) is 4.96. The smallest absolute Gasteiger partial charge is 0.312 e. The summed E-state index contributed by atoms with van der Waals surface area (Å²) in [6.45, 7) is 8.24. The third kappa shape index (κ3) is 2.76. The summed E-state index contributed by atoms with van der Waals surface area (Å²) in [5.74, 6) is -0.167. The summed E-state index contributed by atoms with van der Waals surface area (Å²) in [5, 5.41) is 9.19. The van der Waals surface area contributed by atoms with Crippen LogP contribution in [0.2, 0.25) is 0 Å². The first-order chi connectivity index (χ1) is 7.41. The van der Waals surface area contributed by atoms with Crippen LogP contribution >= 0.6 is 0 Å². The van der Waals surface area contributed by atoms with E-state index in [-0.39, 0.29) is 18.0 Å². The number of aliphatic hydroxyl groups is 1. The van der Waals surface area contributed by atoms with Gasteiger partial charge in [0, 0.05) is 6.61 Å². The number of hydrogen-bond donors (Lipinski definition) is 1. The molecule has 0 aliphatic heterocycles. The number of esters is 1. The summed E-state index contributed by atoms with van der Waals surface area (Å²) in [6.07, 6.45) is 3.30. The van der Waals surface area contributed by atoms with E-state index in [0.717, 1.165) is 19.3 Å². The highest BCUT2D eigenvalue weighted by Gasteiger charge is 2.48. The molecule has 0 radical (unpaired) electrons. The highest BCUT2D eigenvalue weighted by atomic mass is 16.5. The number of ether oxygens (including phenoxy) is 1.